The summed E-state index contributed by atoms with van der Waals surface area (Å²) in [6.07, 6.45) is 3.33. The molecule has 1 amide bonds. The van der Waals surface area contributed by atoms with Crippen LogP contribution in [0.5, 0.6) is 0 Å². The van der Waals surface area contributed by atoms with Gasteiger partial charge in [0.15, 0.2) is 0 Å². The Hall–Kier alpha value is -2.09. The van der Waals surface area contributed by atoms with Crippen molar-refractivity contribution in [3.63, 3.8) is 0 Å². The molecule has 0 saturated heterocycles. The third-order valence-corrected chi connectivity index (χ3v) is 4.86. The van der Waals surface area contributed by atoms with Crippen molar-refractivity contribution >= 4 is 46.1 Å². The van der Waals surface area contributed by atoms with E-state index in [1.54, 1.807) is 24.1 Å². The van der Waals surface area contributed by atoms with Gasteiger partial charge in [-0.05, 0) is 40.8 Å². The zero-order valence-corrected chi connectivity index (χ0v) is 14.1. The van der Waals surface area contributed by atoms with Gasteiger partial charge in [-0.15, -0.1) is 11.3 Å². The van der Waals surface area contributed by atoms with Gasteiger partial charge in [-0.3, -0.25) is 4.79 Å². The molecule has 0 atom stereocenters. The van der Waals surface area contributed by atoms with Gasteiger partial charge in [-0.2, -0.15) is 8.75 Å². The Balaban J connectivity index is 1.64. The van der Waals surface area contributed by atoms with Crippen LogP contribution < -0.4 is 0 Å². The van der Waals surface area contributed by atoms with Crippen molar-refractivity contribution in [3.05, 3.63) is 51.7 Å². The molecule has 1 N–H and O–H groups in total. The second-order valence-corrected chi connectivity index (χ2v) is 6.60. The monoisotopic (exact) mass is 345 g/mol. The molecule has 2 aromatic heterocycles. The van der Waals surface area contributed by atoms with E-state index in [0.717, 1.165) is 27.0 Å². The fourth-order valence-corrected chi connectivity index (χ4v) is 3.44. The van der Waals surface area contributed by atoms with Crippen molar-refractivity contribution in [2.24, 2.45) is 0 Å². The predicted molar refractivity (Wildman–Crippen MR) is 93.2 cm³/mol. The van der Waals surface area contributed by atoms with Crippen LogP contribution in [0.3, 0.4) is 0 Å². The van der Waals surface area contributed by atoms with Gasteiger partial charge >= 0.3 is 0 Å². The van der Waals surface area contributed by atoms with E-state index in [-0.39, 0.29) is 12.5 Å². The standard InChI is InChI=1S/C16H15N3O2S2/c1-19(8-11-2-4-14-15(7-11)18-23-17-14)16(21)5-3-13-6-12(9-20)10-22-13/h2-7,10,20H,8-9H2,1H3. The van der Waals surface area contributed by atoms with Crippen molar-refractivity contribution in [2.75, 3.05) is 7.05 Å². The molecule has 0 aliphatic rings. The van der Waals surface area contributed by atoms with Gasteiger partial charge in [-0.25, -0.2) is 0 Å². The van der Waals surface area contributed by atoms with E-state index in [4.69, 9.17) is 5.11 Å². The van der Waals surface area contributed by atoms with E-state index in [0.29, 0.717) is 6.54 Å². The van der Waals surface area contributed by atoms with Gasteiger partial charge in [0.25, 0.3) is 0 Å². The molecule has 1 aromatic carbocycles. The Bertz CT molecular complexity index is 854. The Morgan fingerprint density at radius 2 is 2.09 bits per heavy atom. The molecule has 5 nitrogen and oxygen atoms in total. The second-order valence-electron chi connectivity index (χ2n) is 5.13. The van der Waals surface area contributed by atoms with E-state index in [1.165, 1.54) is 23.1 Å². The van der Waals surface area contributed by atoms with Gasteiger partial charge in [0.05, 0.1) is 18.3 Å². The summed E-state index contributed by atoms with van der Waals surface area (Å²) in [5, 5.41) is 10.9. The quantitative estimate of drug-likeness (QED) is 0.722. The van der Waals surface area contributed by atoms with Gasteiger partial charge in [-0.1, -0.05) is 6.07 Å². The number of amides is 1. The van der Waals surface area contributed by atoms with Crippen LogP contribution in [-0.2, 0) is 17.9 Å². The number of hydrogen-bond acceptors (Lipinski definition) is 6. The highest BCUT2D eigenvalue weighted by Crippen LogP contribution is 2.17. The number of aliphatic hydroxyl groups is 1. The normalized spacial score (nSPS) is 11.4. The Labute approximate surface area is 141 Å². The van der Waals surface area contributed by atoms with Crippen LogP contribution >= 0.6 is 23.1 Å². The lowest BCUT2D eigenvalue weighted by Crippen LogP contribution is -2.24. The molecule has 23 heavy (non-hydrogen) atoms. The number of benzene rings is 1. The third-order valence-electron chi connectivity index (χ3n) is 3.36. The van der Waals surface area contributed by atoms with Crippen molar-refractivity contribution in [1.29, 1.82) is 0 Å². The predicted octanol–water partition coefficient (Wildman–Crippen LogP) is 2.92. The number of carbonyl (C=O) groups is 1. The number of thiophene rings is 1. The van der Waals surface area contributed by atoms with Crippen molar-refractivity contribution < 1.29 is 9.90 Å². The lowest BCUT2D eigenvalue weighted by molar-refractivity contribution is -0.125. The molecule has 3 aromatic rings. The van der Waals surface area contributed by atoms with E-state index in [2.05, 4.69) is 8.75 Å². The van der Waals surface area contributed by atoms with Crippen LogP contribution in [0.4, 0.5) is 0 Å². The maximum absolute atomic E-state index is 12.2. The van der Waals surface area contributed by atoms with Crippen molar-refractivity contribution in [3.8, 4) is 0 Å². The first-order valence-electron chi connectivity index (χ1n) is 6.98. The van der Waals surface area contributed by atoms with Crippen LogP contribution in [-0.4, -0.2) is 31.7 Å². The number of hydrogen-bond donors (Lipinski definition) is 1. The Morgan fingerprint density at radius 3 is 2.87 bits per heavy atom. The fourth-order valence-electron chi connectivity index (χ4n) is 2.12. The lowest BCUT2D eigenvalue weighted by Gasteiger charge is -2.15. The maximum Gasteiger partial charge on any atom is 0.246 e. The molecule has 118 valence electrons. The summed E-state index contributed by atoms with van der Waals surface area (Å²) in [4.78, 5) is 14.8. The van der Waals surface area contributed by atoms with Crippen LogP contribution in [0.2, 0.25) is 0 Å². The van der Waals surface area contributed by atoms with Crippen molar-refractivity contribution in [2.45, 2.75) is 13.2 Å². The zero-order valence-electron chi connectivity index (χ0n) is 12.5. The zero-order chi connectivity index (χ0) is 16.2. The van der Waals surface area contributed by atoms with E-state index < -0.39 is 0 Å². The molecular weight excluding hydrogens is 330 g/mol. The topological polar surface area (TPSA) is 66.3 Å². The van der Waals surface area contributed by atoms with Crippen LogP contribution in [0.25, 0.3) is 17.1 Å². The Morgan fingerprint density at radius 1 is 1.26 bits per heavy atom. The largest absolute Gasteiger partial charge is 0.392 e. The molecule has 0 fully saturated rings. The molecule has 0 bridgehead atoms. The van der Waals surface area contributed by atoms with Crippen LogP contribution in [0.1, 0.15) is 16.0 Å². The number of rotatable bonds is 5. The Kier molecular flexibility index (Phi) is 4.80. The van der Waals surface area contributed by atoms with E-state index in [1.807, 2.05) is 29.6 Å². The summed E-state index contributed by atoms with van der Waals surface area (Å²) in [5.41, 5.74) is 3.62. The van der Waals surface area contributed by atoms with Crippen LogP contribution in [0.15, 0.2) is 35.7 Å². The molecule has 7 heteroatoms. The number of carbonyl (C=O) groups excluding carboxylic acids is 1. The van der Waals surface area contributed by atoms with Gasteiger partial charge in [0, 0.05) is 24.5 Å². The molecule has 2 heterocycles. The molecule has 0 spiro atoms. The van der Waals surface area contributed by atoms with E-state index in [9.17, 15) is 4.79 Å². The minimum atomic E-state index is -0.0690. The number of nitrogens with zero attached hydrogens (tertiary/aromatic N) is 3. The first-order chi connectivity index (χ1) is 11.2. The fraction of sp³-hybridized carbons (Fsp3) is 0.188. The molecule has 3 rings (SSSR count). The molecule has 0 aliphatic heterocycles. The van der Waals surface area contributed by atoms with Crippen molar-refractivity contribution in [1.82, 2.24) is 13.6 Å². The summed E-state index contributed by atoms with van der Waals surface area (Å²) >= 11 is 2.69. The van der Waals surface area contributed by atoms with Gasteiger partial charge < -0.3 is 10.0 Å². The first-order valence-corrected chi connectivity index (χ1v) is 8.59. The minimum absolute atomic E-state index is 0.0200. The lowest BCUT2D eigenvalue weighted by atomic mass is 10.2. The van der Waals surface area contributed by atoms with E-state index >= 15 is 0 Å². The highest BCUT2D eigenvalue weighted by Gasteiger charge is 2.08. The van der Waals surface area contributed by atoms with Gasteiger partial charge in [0.1, 0.15) is 11.0 Å². The second kappa shape index (κ2) is 6.99. The maximum atomic E-state index is 12.2. The molecule has 0 saturated carbocycles. The SMILES string of the molecule is CN(Cc1ccc2nsnc2c1)C(=O)C=Cc1cc(CO)cs1. The summed E-state index contributed by atoms with van der Waals surface area (Å²) in [6.45, 7) is 0.537. The minimum Gasteiger partial charge on any atom is -0.392 e. The number of likely N-dealkylation sites (N-methyl/N-ethyl adjacent to an activating group) is 1. The summed E-state index contributed by atoms with van der Waals surface area (Å²) in [7, 11) is 1.77. The summed E-state index contributed by atoms with van der Waals surface area (Å²) < 4.78 is 8.38. The average molecular weight is 345 g/mol. The van der Waals surface area contributed by atoms with Gasteiger partial charge in [0.2, 0.25) is 5.91 Å². The smallest absolute Gasteiger partial charge is 0.246 e. The molecule has 0 aliphatic carbocycles. The highest BCUT2D eigenvalue weighted by atomic mass is 32.1. The van der Waals surface area contributed by atoms with Crippen LogP contribution in [0, 0.1) is 0 Å². The first kappa shape index (κ1) is 15.8. The molecule has 0 radical (unpaired) electrons. The average Bonchev–Trinajstić information content (AvgIpc) is 3.20. The summed E-state index contributed by atoms with van der Waals surface area (Å²) in [6, 6.07) is 7.71. The number of aromatic nitrogens is 2. The molecule has 0 unspecified atom stereocenters. The third kappa shape index (κ3) is 3.82. The molecular formula is C16H15N3O2S2. The number of fused-ring (bicyclic) bond motifs is 1. The summed E-state index contributed by atoms with van der Waals surface area (Å²) in [5.74, 6) is -0.0690. The number of aliphatic hydroxyl groups excluding tert-OH is 1. The highest BCUT2D eigenvalue weighted by molar-refractivity contribution is 7.11.